The Balaban J connectivity index is 2.03. The van der Waals surface area contributed by atoms with E-state index >= 15 is 0 Å². The van der Waals surface area contributed by atoms with Crippen LogP contribution in [0.2, 0.25) is 0 Å². The Labute approximate surface area is 134 Å². The van der Waals surface area contributed by atoms with Crippen LogP contribution in [0, 0.1) is 5.82 Å². The van der Waals surface area contributed by atoms with E-state index in [1.165, 1.54) is 6.07 Å². The van der Waals surface area contributed by atoms with Crippen LogP contribution in [0.15, 0.2) is 53.2 Å². The van der Waals surface area contributed by atoms with E-state index < -0.39 is 5.89 Å². The van der Waals surface area contributed by atoms with Gasteiger partial charge in [0, 0.05) is 19.3 Å². The Bertz CT molecular complexity index is 1070. The predicted octanol–water partition coefficient (Wildman–Crippen LogP) is 5.31. The summed E-state index contributed by atoms with van der Waals surface area (Å²) in [6.45, 7) is 3.63. The molecule has 0 unspecified atom stereocenters. The molecule has 0 amide bonds. The van der Waals surface area contributed by atoms with Crippen molar-refractivity contribution in [2.45, 2.75) is 19.7 Å². The highest BCUT2D eigenvalue weighted by Gasteiger charge is 2.17. The van der Waals surface area contributed by atoms with Gasteiger partial charge >= 0.3 is 0 Å². The first-order valence-corrected chi connectivity index (χ1v) is 7.38. The second-order valence-electron chi connectivity index (χ2n) is 5.69. The molecule has 23 heavy (non-hydrogen) atoms. The normalized spacial score (nSPS) is 12.7. The maximum absolute atomic E-state index is 14.4. The lowest BCUT2D eigenvalue weighted by atomic mass is 10.0. The highest BCUT2D eigenvalue weighted by atomic mass is 19.1. The van der Waals surface area contributed by atoms with Crippen molar-refractivity contribution >= 4 is 22.1 Å². The molecule has 3 aromatic heterocycles. The molecule has 1 aromatic carbocycles. The Hall–Kier alpha value is -2.75. The first-order valence-electron chi connectivity index (χ1n) is 7.88. The summed E-state index contributed by atoms with van der Waals surface area (Å²) in [5, 5.41) is 1.05. The van der Waals surface area contributed by atoms with Crippen molar-refractivity contribution in [1.82, 2.24) is 9.97 Å². The van der Waals surface area contributed by atoms with Gasteiger partial charge in [0.2, 0.25) is 5.71 Å². The number of benzene rings is 1. The fraction of sp³-hybridized carbons (Fsp3) is 0.158. The molecule has 4 aromatic rings. The van der Waals surface area contributed by atoms with Crippen LogP contribution in [0.3, 0.4) is 0 Å². The Kier molecular flexibility index (Phi) is 2.86. The van der Waals surface area contributed by atoms with Crippen molar-refractivity contribution in [2.24, 2.45) is 0 Å². The largest absolute Gasteiger partial charge is 0.437 e. The zero-order chi connectivity index (χ0) is 16.9. The Morgan fingerprint density at radius 2 is 2.00 bits per heavy atom. The van der Waals surface area contributed by atoms with Gasteiger partial charge in [0.15, 0.2) is 0 Å². The number of furan rings is 1. The molecule has 0 radical (unpaired) electrons. The van der Waals surface area contributed by atoms with Crippen LogP contribution in [0.5, 0.6) is 0 Å². The molecule has 0 spiro atoms. The van der Waals surface area contributed by atoms with Gasteiger partial charge in [0.25, 0.3) is 0 Å². The van der Waals surface area contributed by atoms with Gasteiger partial charge in [-0.15, -0.1) is 0 Å². The fourth-order valence-electron chi connectivity index (χ4n) is 2.77. The van der Waals surface area contributed by atoms with E-state index in [9.17, 15) is 4.39 Å². The standard InChI is InChI=1S/C19H15FN2O/c1-11(2)12-7-9-21-16(10-12)13-5-6-15(20)17-14-4-3-8-22-19(14)23-18(13)17/h3-11H,1-2H3/i11D. The Morgan fingerprint density at radius 1 is 1.13 bits per heavy atom. The van der Waals surface area contributed by atoms with Crippen molar-refractivity contribution in [2.75, 3.05) is 0 Å². The molecule has 4 rings (SSSR count). The van der Waals surface area contributed by atoms with E-state index in [-0.39, 0.29) is 5.82 Å². The average molecular weight is 307 g/mol. The fourth-order valence-corrected chi connectivity index (χ4v) is 2.77. The highest BCUT2D eigenvalue weighted by molar-refractivity contribution is 6.08. The molecule has 0 fully saturated rings. The molecule has 3 heterocycles. The lowest BCUT2D eigenvalue weighted by Crippen LogP contribution is -1.91. The zero-order valence-electron chi connectivity index (χ0n) is 13.8. The average Bonchev–Trinajstić information content (AvgIpc) is 2.95. The quantitative estimate of drug-likeness (QED) is 0.504. The molecule has 0 saturated heterocycles. The maximum atomic E-state index is 14.4. The lowest BCUT2D eigenvalue weighted by Gasteiger charge is -2.08. The van der Waals surface area contributed by atoms with E-state index in [1.54, 1.807) is 30.6 Å². The third kappa shape index (κ3) is 2.18. The minimum absolute atomic E-state index is 0.350. The topological polar surface area (TPSA) is 38.9 Å². The second-order valence-corrected chi connectivity index (χ2v) is 5.69. The summed E-state index contributed by atoms with van der Waals surface area (Å²) in [5.41, 5.74) is 3.00. The van der Waals surface area contributed by atoms with Gasteiger partial charge in [0.1, 0.15) is 11.4 Å². The van der Waals surface area contributed by atoms with Gasteiger partial charge in [-0.2, -0.15) is 0 Å². The molecule has 0 saturated carbocycles. The SMILES string of the molecule is [2H]C(C)(C)c1ccnc(-c2ccc(F)c3c2oc2ncccc23)c1. The second kappa shape index (κ2) is 5.16. The van der Waals surface area contributed by atoms with Gasteiger partial charge in [-0.3, -0.25) is 4.98 Å². The number of fused-ring (bicyclic) bond motifs is 3. The third-order valence-electron chi connectivity index (χ3n) is 3.96. The van der Waals surface area contributed by atoms with Crippen LogP contribution in [-0.2, 0) is 0 Å². The first-order chi connectivity index (χ1) is 11.4. The van der Waals surface area contributed by atoms with Gasteiger partial charge in [0.05, 0.1) is 16.5 Å². The number of hydrogen-bond acceptors (Lipinski definition) is 3. The summed E-state index contributed by atoms with van der Waals surface area (Å²) < 4.78 is 28.4. The molecule has 0 aliphatic heterocycles. The minimum Gasteiger partial charge on any atom is -0.437 e. The molecule has 0 bridgehead atoms. The Morgan fingerprint density at radius 3 is 2.83 bits per heavy atom. The first kappa shape index (κ1) is 12.8. The molecule has 0 aliphatic carbocycles. The van der Waals surface area contributed by atoms with Gasteiger partial charge in [-0.05, 0) is 47.9 Å². The lowest BCUT2D eigenvalue weighted by molar-refractivity contribution is 0.631. The maximum Gasteiger partial charge on any atom is 0.227 e. The minimum atomic E-state index is -0.744. The van der Waals surface area contributed by atoms with Gasteiger partial charge < -0.3 is 4.42 Å². The van der Waals surface area contributed by atoms with E-state index in [1.807, 2.05) is 26.0 Å². The summed E-state index contributed by atoms with van der Waals surface area (Å²) in [6, 6.07) is 10.3. The van der Waals surface area contributed by atoms with Crippen molar-refractivity contribution < 1.29 is 10.2 Å². The number of rotatable bonds is 2. The molecular weight excluding hydrogens is 291 g/mol. The van der Waals surface area contributed by atoms with E-state index in [4.69, 9.17) is 5.79 Å². The van der Waals surface area contributed by atoms with Crippen molar-refractivity contribution in [3.63, 3.8) is 0 Å². The number of nitrogens with zero attached hydrogens (tertiary/aromatic N) is 2. The summed E-state index contributed by atoms with van der Waals surface area (Å²) in [5.74, 6) is -1.09. The van der Waals surface area contributed by atoms with Gasteiger partial charge in [-0.25, -0.2) is 9.37 Å². The van der Waals surface area contributed by atoms with Crippen LogP contribution in [0.4, 0.5) is 4.39 Å². The molecule has 4 heteroatoms. The smallest absolute Gasteiger partial charge is 0.227 e. The number of hydrogen-bond donors (Lipinski definition) is 0. The third-order valence-corrected chi connectivity index (χ3v) is 3.96. The number of pyridine rings is 2. The monoisotopic (exact) mass is 307 g/mol. The van der Waals surface area contributed by atoms with Gasteiger partial charge in [-0.1, -0.05) is 13.8 Å². The van der Waals surface area contributed by atoms with Crippen LogP contribution in [0.1, 0.15) is 26.7 Å². The van der Waals surface area contributed by atoms with Crippen LogP contribution in [-0.4, -0.2) is 9.97 Å². The van der Waals surface area contributed by atoms with Crippen molar-refractivity contribution in [3.05, 3.63) is 60.2 Å². The van der Waals surface area contributed by atoms with Crippen molar-refractivity contribution in [3.8, 4) is 11.3 Å². The summed E-state index contributed by atoms with van der Waals surface area (Å²) in [7, 11) is 0. The molecule has 114 valence electrons. The molecule has 0 N–H and O–H groups in total. The van der Waals surface area contributed by atoms with Crippen LogP contribution >= 0.6 is 0 Å². The molecular formula is C19H15FN2O. The molecule has 0 aliphatic rings. The summed E-state index contributed by atoms with van der Waals surface area (Å²) >= 11 is 0. The van der Waals surface area contributed by atoms with E-state index in [2.05, 4.69) is 9.97 Å². The number of halogens is 1. The summed E-state index contributed by atoms with van der Waals surface area (Å²) in [4.78, 5) is 8.55. The zero-order valence-corrected chi connectivity index (χ0v) is 12.8. The van der Waals surface area contributed by atoms with Crippen LogP contribution < -0.4 is 0 Å². The van der Waals surface area contributed by atoms with Crippen LogP contribution in [0.25, 0.3) is 33.3 Å². The van der Waals surface area contributed by atoms with Crippen molar-refractivity contribution in [1.29, 1.82) is 0 Å². The predicted molar refractivity (Wildman–Crippen MR) is 88.8 cm³/mol. The number of aromatic nitrogens is 2. The highest BCUT2D eigenvalue weighted by Crippen LogP contribution is 2.36. The van der Waals surface area contributed by atoms with E-state index in [0.29, 0.717) is 33.3 Å². The molecule has 3 nitrogen and oxygen atoms in total. The summed E-state index contributed by atoms with van der Waals surface area (Å²) in [6.07, 6.45) is 3.28. The molecule has 0 atom stereocenters. The van der Waals surface area contributed by atoms with E-state index in [0.717, 1.165) is 5.56 Å².